The summed E-state index contributed by atoms with van der Waals surface area (Å²) in [7, 11) is 0. The van der Waals surface area contributed by atoms with Gasteiger partial charge in [-0.05, 0) is 12.1 Å². The van der Waals surface area contributed by atoms with Crippen LogP contribution in [0.5, 0.6) is 5.75 Å². The van der Waals surface area contributed by atoms with Crippen LogP contribution in [-0.2, 0) is 4.79 Å². The van der Waals surface area contributed by atoms with Crippen molar-refractivity contribution in [2.45, 2.75) is 13.3 Å². The minimum Gasteiger partial charge on any atom is -0.490 e. The fourth-order valence-electron chi connectivity index (χ4n) is 1.09. The van der Waals surface area contributed by atoms with Gasteiger partial charge in [0.2, 0.25) is 5.91 Å². The quantitative estimate of drug-likeness (QED) is 0.564. The Balaban J connectivity index is 2.26. The molecule has 0 unspecified atom stereocenters. The Morgan fingerprint density at radius 3 is 2.87 bits per heavy atom. The van der Waals surface area contributed by atoms with Crippen molar-refractivity contribution in [3.8, 4) is 5.75 Å². The molecule has 0 heterocycles. The van der Waals surface area contributed by atoms with Crippen LogP contribution in [0.25, 0.3) is 0 Å². The predicted octanol–water partition coefficient (Wildman–Crippen LogP) is 1.17. The Morgan fingerprint density at radius 1 is 1.47 bits per heavy atom. The van der Waals surface area contributed by atoms with Gasteiger partial charge in [-0.3, -0.25) is 4.79 Å². The lowest BCUT2D eigenvalue weighted by Crippen LogP contribution is -2.27. The van der Waals surface area contributed by atoms with E-state index in [0.717, 1.165) is 0 Å². The number of carbonyl (C=O) groups excluding carboxylic acids is 1. The number of rotatable bonds is 5. The van der Waals surface area contributed by atoms with Crippen LogP contribution in [0.3, 0.4) is 0 Å². The molecule has 0 saturated heterocycles. The van der Waals surface area contributed by atoms with Gasteiger partial charge in [0, 0.05) is 6.42 Å². The van der Waals surface area contributed by atoms with Gasteiger partial charge in [-0.15, -0.1) is 0 Å². The third-order valence-corrected chi connectivity index (χ3v) is 1.92. The molecule has 0 spiro atoms. The summed E-state index contributed by atoms with van der Waals surface area (Å²) >= 11 is 0. The van der Waals surface area contributed by atoms with E-state index in [1.165, 1.54) is 0 Å². The maximum Gasteiger partial charge on any atom is 0.219 e. The van der Waals surface area contributed by atoms with Gasteiger partial charge in [0.25, 0.3) is 0 Å². The molecule has 0 fully saturated rings. The molecule has 1 aromatic rings. The second-order valence-electron chi connectivity index (χ2n) is 3.09. The molecule has 0 aliphatic rings. The topological polar surface area (TPSA) is 64.3 Å². The Bertz CT molecular complexity index is 326. The average molecular weight is 208 g/mol. The Morgan fingerprint density at radius 2 is 2.20 bits per heavy atom. The van der Waals surface area contributed by atoms with Gasteiger partial charge in [-0.25, -0.2) is 0 Å². The maximum atomic E-state index is 10.9. The van der Waals surface area contributed by atoms with Crippen LogP contribution in [0.2, 0.25) is 0 Å². The lowest BCUT2D eigenvalue weighted by atomic mass is 10.3. The molecule has 0 aromatic heterocycles. The summed E-state index contributed by atoms with van der Waals surface area (Å²) in [6.07, 6.45) is 0.494. The molecule has 1 aromatic carbocycles. The summed E-state index contributed by atoms with van der Waals surface area (Å²) in [6, 6.07) is 7.29. The lowest BCUT2D eigenvalue weighted by molar-refractivity contribution is -0.120. The van der Waals surface area contributed by atoms with Crippen LogP contribution in [0, 0.1) is 0 Å². The zero-order valence-electron chi connectivity index (χ0n) is 8.82. The monoisotopic (exact) mass is 208 g/mol. The van der Waals surface area contributed by atoms with Crippen molar-refractivity contribution >= 4 is 11.6 Å². The first kappa shape index (κ1) is 11.4. The highest BCUT2D eigenvalue weighted by Gasteiger charge is 1.99. The zero-order chi connectivity index (χ0) is 11.1. The van der Waals surface area contributed by atoms with Gasteiger partial charge in [-0.1, -0.05) is 19.1 Å². The number of amides is 1. The highest BCUT2D eigenvalue weighted by atomic mass is 16.5. The number of hydrogen-bond acceptors (Lipinski definition) is 3. The number of anilines is 1. The van der Waals surface area contributed by atoms with Gasteiger partial charge in [0.1, 0.15) is 12.4 Å². The number of benzene rings is 1. The molecule has 3 N–H and O–H groups in total. The van der Waals surface area contributed by atoms with Crippen molar-refractivity contribution in [1.82, 2.24) is 5.32 Å². The summed E-state index contributed by atoms with van der Waals surface area (Å²) in [6.45, 7) is 2.74. The largest absolute Gasteiger partial charge is 0.490 e. The molecule has 0 saturated carbocycles. The summed E-state index contributed by atoms with van der Waals surface area (Å²) in [5.41, 5.74) is 6.29. The van der Waals surface area contributed by atoms with E-state index >= 15 is 0 Å². The SMILES string of the molecule is CCC(=O)NCCOc1ccccc1N. The molecule has 1 amide bonds. The molecule has 82 valence electrons. The number of nitrogens with one attached hydrogen (secondary N) is 1. The van der Waals surface area contributed by atoms with Crippen LogP contribution in [0.1, 0.15) is 13.3 Å². The normalized spacial score (nSPS) is 9.67. The van der Waals surface area contributed by atoms with Crippen LogP contribution < -0.4 is 15.8 Å². The first-order valence-corrected chi connectivity index (χ1v) is 4.98. The molecular formula is C11H16N2O2. The van der Waals surface area contributed by atoms with E-state index in [4.69, 9.17) is 10.5 Å². The van der Waals surface area contributed by atoms with E-state index in [-0.39, 0.29) is 5.91 Å². The summed E-state index contributed by atoms with van der Waals surface area (Å²) in [4.78, 5) is 10.9. The van der Waals surface area contributed by atoms with Crippen molar-refractivity contribution < 1.29 is 9.53 Å². The smallest absolute Gasteiger partial charge is 0.219 e. The van der Waals surface area contributed by atoms with Gasteiger partial charge in [0.15, 0.2) is 0 Å². The third-order valence-electron chi connectivity index (χ3n) is 1.92. The molecule has 4 nitrogen and oxygen atoms in total. The second kappa shape index (κ2) is 5.90. The highest BCUT2D eigenvalue weighted by Crippen LogP contribution is 2.19. The maximum absolute atomic E-state index is 10.9. The van der Waals surface area contributed by atoms with Gasteiger partial charge >= 0.3 is 0 Å². The molecule has 0 bridgehead atoms. The Labute approximate surface area is 89.4 Å². The van der Waals surface area contributed by atoms with Gasteiger partial charge in [-0.2, -0.15) is 0 Å². The molecule has 15 heavy (non-hydrogen) atoms. The highest BCUT2D eigenvalue weighted by molar-refractivity contribution is 5.75. The molecular weight excluding hydrogens is 192 g/mol. The minimum atomic E-state index is 0.0274. The number of nitrogens with two attached hydrogens (primary N) is 1. The van der Waals surface area contributed by atoms with Gasteiger partial charge in [0.05, 0.1) is 12.2 Å². The molecule has 0 aliphatic carbocycles. The predicted molar refractivity (Wildman–Crippen MR) is 59.7 cm³/mol. The number of ether oxygens (including phenoxy) is 1. The summed E-state index contributed by atoms with van der Waals surface area (Å²) in [5, 5.41) is 2.72. The van der Waals surface area contributed by atoms with Crippen molar-refractivity contribution in [3.63, 3.8) is 0 Å². The van der Waals surface area contributed by atoms with E-state index in [0.29, 0.717) is 31.0 Å². The minimum absolute atomic E-state index is 0.0274. The number of para-hydroxylation sites is 2. The Kier molecular flexibility index (Phi) is 4.47. The third kappa shape index (κ3) is 3.89. The van der Waals surface area contributed by atoms with Crippen molar-refractivity contribution in [1.29, 1.82) is 0 Å². The number of nitrogen functional groups attached to an aromatic ring is 1. The fourth-order valence-corrected chi connectivity index (χ4v) is 1.09. The molecule has 4 heteroatoms. The standard InChI is InChI=1S/C11H16N2O2/c1-2-11(14)13-7-8-15-10-6-4-3-5-9(10)12/h3-6H,2,7-8,12H2,1H3,(H,13,14). The van der Waals surface area contributed by atoms with Crippen LogP contribution in [0.15, 0.2) is 24.3 Å². The van der Waals surface area contributed by atoms with E-state index in [2.05, 4.69) is 5.32 Å². The van der Waals surface area contributed by atoms with E-state index < -0.39 is 0 Å². The van der Waals surface area contributed by atoms with Crippen LogP contribution in [-0.4, -0.2) is 19.1 Å². The second-order valence-corrected chi connectivity index (χ2v) is 3.09. The van der Waals surface area contributed by atoms with E-state index in [9.17, 15) is 4.79 Å². The summed E-state index contributed by atoms with van der Waals surface area (Å²) < 4.78 is 5.39. The first-order chi connectivity index (χ1) is 7.24. The molecule has 1 rings (SSSR count). The molecule has 0 radical (unpaired) electrons. The van der Waals surface area contributed by atoms with Gasteiger partial charge < -0.3 is 15.8 Å². The average Bonchev–Trinajstić information content (AvgIpc) is 2.26. The van der Waals surface area contributed by atoms with E-state index in [1.807, 2.05) is 19.1 Å². The van der Waals surface area contributed by atoms with E-state index in [1.54, 1.807) is 12.1 Å². The summed E-state index contributed by atoms with van der Waals surface area (Å²) in [5.74, 6) is 0.683. The van der Waals surface area contributed by atoms with Crippen molar-refractivity contribution in [3.05, 3.63) is 24.3 Å². The molecule has 0 atom stereocenters. The molecule has 0 aliphatic heterocycles. The van der Waals surface area contributed by atoms with Crippen LogP contribution >= 0.6 is 0 Å². The lowest BCUT2D eigenvalue weighted by Gasteiger charge is -2.08. The number of carbonyl (C=O) groups is 1. The van der Waals surface area contributed by atoms with Crippen LogP contribution in [0.4, 0.5) is 5.69 Å². The number of hydrogen-bond donors (Lipinski definition) is 2. The Hall–Kier alpha value is -1.71. The fraction of sp³-hybridized carbons (Fsp3) is 0.364. The zero-order valence-corrected chi connectivity index (χ0v) is 8.82. The van der Waals surface area contributed by atoms with Crippen molar-refractivity contribution in [2.24, 2.45) is 0 Å². The first-order valence-electron chi connectivity index (χ1n) is 4.98. The van der Waals surface area contributed by atoms with Crippen molar-refractivity contribution in [2.75, 3.05) is 18.9 Å².